The van der Waals surface area contributed by atoms with Crippen molar-refractivity contribution in [1.29, 1.82) is 0 Å². The van der Waals surface area contributed by atoms with Crippen molar-refractivity contribution in [3.63, 3.8) is 0 Å². The first kappa shape index (κ1) is 17.5. The number of carbonyl (C=O) groups excluding carboxylic acids is 1. The van der Waals surface area contributed by atoms with Crippen LogP contribution in [0.2, 0.25) is 0 Å². The second kappa shape index (κ2) is 6.91. The number of hydrogen-bond donors (Lipinski definition) is 1. The monoisotopic (exact) mass is 357 g/mol. The van der Waals surface area contributed by atoms with Crippen molar-refractivity contribution in [3.8, 4) is 5.75 Å². The number of alkyl halides is 3. The van der Waals surface area contributed by atoms with Gasteiger partial charge in [0.2, 0.25) is 0 Å². The van der Waals surface area contributed by atoms with Gasteiger partial charge in [-0.3, -0.25) is 4.79 Å². The Hall–Kier alpha value is -2.29. The van der Waals surface area contributed by atoms with Crippen molar-refractivity contribution < 1.29 is 27.4 Å². The number of rotatable bonds is 4. The molecule has 1 saturated heterocycles. The molecule has 0 saturated carbocycles. The van der Waals surface area contributed by atoms with Crippen molar-refractivity contribution in [2.24, 2.45) is 5.10 Å². The Morgan fingerprint density at radius 3 is 2.88 bits per heavy atom. The molecule has 1 fully saturated rings. The second-order valence-corrected chi connectivity index (χ2v) is 5.98. The minimum Gasteiger partial charge on any atom is -0.490 e. The maximum atomic E-state index is 13.4. The highest BCUT2D eigenvalue weighted by Gasteiger charge is 2.36. The summed E-state index contributed by atoms with van der Waals surface area (Å²) < 4.78 is 51.0. The van der Waals surface area contributed by atoms with Crippen molar-refractivity contribution >= 4 is 11.7 Å². The number of hydrazone groups is 1. The molecule has 25 heavy (non-hydrogen) atoms. The van der Waals surface area contributed by atoms with Gasteiger partial charge in [0.25, 0.3) is 5.91 Å². The molecule has 2 heterocycles. The fourth-order valence-corrected chi connectivity index (χ4v) is 2.79. The molecule has 1 amide bonds. The average Bonchev–Trinajstić information content (AvgIpc) is 3.05. The predicted octanol–water partition coefficient (Wildman–Crippen LogP) is 1.99. The summed E-state index contributed by atoms with van der Waals surface area (Å²) in [6, 6.07) is 3.75. The fourth-order valence-electron chi connectivity index (χ4n) is 2.79. The number of ether oxygens (including phenoxy) is 2. The third kappa shape index (κ3) is 4.04. The number of benzene rings is 1. The third-order valence-corrected chi connectivity index (χ3v) is 4.02. The topological polar surface area (TPSA) is 63.2 Å². The summed E-state index contributed by atoms with van der Waals surface area (Å²) in [5.74, 6) is -0.301. The Morgan fingerprint density at radius 2 is 2.24 bits per heavy atom. The molecule has 1 N–H and O–H groups in total. The summed E-state index contributed by atoms with van der Waals surface area (Å²) in [6.07, 6.45) is -3.08. The maximum absolute atomic E-state index is 13.4. The Balaban J connectivity index is 1.86. The van der Waals surface area contributed by atoms with Crippen molar-refractivity contribution in [2.75, 3.05) is 26.8 Å². The first-order chi connectivity index (χ1) is 11.8. The molecule has 1 aromatic rings. The van der Waals surface area contributed by atoms with Crippen LogP contribution in [0.15, 0.2) is 23.3 Å². The van der Waals surface area contributed by atoms with Gasteiger partial charge < -0.3 is 14.4 Å². The fraction of sp³-hybridized carbons (Fsp3) is 0.500. The van der Waals surface area contributed by atoms with E-state index in [2.05, 4.69) is 10.5 Å². The molecule has 136 valence electrons. The van der Waals surface area contributed by atoms with Crippen molar-refractivity contribution in [1.82, 2.24) is 10.3 Å². The van der Waals surface area contributed by atoms with Crippen LogP contribution in [0.1, 0.15) is 24.0 Å². The number of nitrogens with one attached hydrogen (secondary N) is 1. The molecule has 1 atom stereocenters. The Bertz CT molecular complexity index is 685. The van der Waals surface area contributed by atoms with Gasteiger partial charge in [0.15, 0.2) is 5.84 Å². The van der Waals surface area contributed by atoms with Crippen LogP contribution in [-0.2, 0) is 15.7 Å². The van der Waals surface area contributed by atoms with E-state index in [1.165, 1.54) is 17.0 Å². The van der Waals surface area contributed by atoms with Crippen LogP contribution in [0, 0.1) is 0 Å². The smallest absolute Gasteiger partial charge is 0.419 e. The number of halogens is 3. The van der Waals surface area contributed by atoms with E-state index in [1.807, 2.05) is 0 Å². The average molecular weight is 357 g/mol. The van der Waals surface area contributed by atoms with Gasteiger partial charge in [0, 0.05) is 19.2 Å². The Labute approximate surface area is 142 Å². The van der Waals surface area contributed by atoms with Gasteiger partial charge in [0.05, 0.1) is 18.2 Å². The van der Waals surface area contributed by atoms with Crippen LogP contribution in [-0.4, -0.2) is 49.6 Å². The third-order valence-electron chi connectivity index (χ3n) is 4.02. The molecule has 0 spiro atoms. The number of carbonyl (C=O) groups is 1. The van der Waals surface area contributed by atoms with Crippen LogP contribution in [0.25, 0.3) is 0 Å². The normalized spacial score (nSPS) is 21.1. The molecule has 2 aliphatic rings. The van der Waals surface area contributed by atoms with E-state index in [4.69, 9.17) is 9.47 Å². The Morgan fingerprint density at radius 1 is 1.44 bits per heavy atom. The van der Waals surface area contributed by atoms with E-state index >= 15 is 0 Å². The van der Waals surface area contributed by atoms with E-state index in [0.717, 1.165) is 18.9 Å². The van der Waals surface area contributed by atoms with Gasteiger partial charge >= 0.3 is 6.18 Å². The molecule has 0 bridgehead atoms. The van der Waals surface area contributed by atoms with Gasteiger partial charge in [-0.25, -0.2) is 5.43 Å². The number of hydrogen-bond acceptors (Lipinski definition) is 5. The van der Waals surface area contributed by atoms with Gasteiger partial charge in [0.1, 0.15) is 12.4 Å². The van der Waals surface area contributed by atoms with Crippen LogP contribution < -0.4 is 10.2 Å². The maximum Gasteiger partial charge on any atom is 0.419 e. The van der Waals surface area contributed by atoms with E-state index < -0.39 is 11.7 Å². The molecule has 1 aromatic carbocycles. The Kier molecular flexibility index (Phi) is 4.85. The zero-order valence-electron chi connectivity index (χ0n) is 13.6. The highest BCUT2D eigenvalue weighted by molar-refractivity contribution is 6.02. The summed E-state index contributed by atoms with van der Waals surface area (Å²) in [5.41, 5.74) is 1.65. The molecular weight excluding hydrogens is 339 g/mol. The lowest BCUT2D eigenvalue weighted by Crippen LogP contribution is -2.43. The summed E-state index contributed by atoms with van der Waals surface area (Å²) in [5, 5.41) is 3.84. The SMILES string of the molecule is CN1CC(=O)NN=C1c1ccc(OC[C@@H]2CCCO2)c(C(F)(F)F)c1. The number of amidine groups is 1. The van der Waals surface area contributed by atoms with Crippen molar-refractivity contribution in [2.45, 2.75) is 25.1 Å². The highest BCUT2D eigenvalue weighted by atomic mass is 19.4. The standard InChI is InChI=1S/C16H18F3N3O3/c1-22-8-14(23)20-21-15(22)10-4-5-13(12(7-10)16(17,18)19)25-9-11-3-2-6-24-11/h4-5,7,11H,2-3,6,8-9H2,1H3,(H,20,23)/t11-/m0/s1. The van der Waals surface area contributed by atoms with E-state index in [9.17, 15) is 18.0 Å². The molecule has 6 nitrogen and oxygen atoms in total. The number of likely N-dealkylation sites (N-methyl/N-ethyl adjacent to an activating group) is 1. The van der Waals surface area contributed by atoms with Crippen LogP contribution in [0.3, 0.4) is 0 Å². The van der Waals surface area contributed by atoms with Gasteiger partial charge in [-0.1, -0.05) is 0 Å². The molecule has 0 unspecified atom stereocenters. The zero-order chi connectivity index (χ0) is 18.0. The lowest BCUT2D eigenvalue weighted by Gasteiger charge is -2.25. The van der Waals surface area contributed by atoms with Crippen LogP contribution in [0.4, 0.5) is 13.2 Å². The van der Waals surface area contributed by atoms with E-state index in [0.29, 0.717) is 6.61 Å². The van der Waals surface area contributed by atoms with Crippen LogP contribution >= 0.6 is 0 Å². The second-order valence-electron chi connectivity index (χ2n) is 5.98. The van der Waals surface area contributed by atoms with E-state index in [1.54, 1.807) is 7.05 Å². The molecule has 0 aromatic heterocycles. The minimum atomic E-state index is -4.57. The van der Waals surface area contributed by atoms with E-state index in [-0.39, 0.29) is 42.3 Å². The lowest BCUT2D eigenvalue weighted by atomic mass is 10.1. The summed E-state index contributed by atoms with van der Waals surface area (Å²) >= 11 is 0. The lowest BCUT2D eigenvalue weighted by molar-refractivity contribution is -0.139. The van der Waals surface area contributed by atoms with Gasteiger partial charge in [-0.2, -0.15) is 18.3 Å². The quantitative estimate of drug-likeness (QED) is 0.895. The van der Waals surface area contributed by atoms with Crippen molar-refractivity contribution in [3.05, 3.63) is 29.3 Å². The zero-order valence-corrected chi connectivity index (χ0v) is 13.6. The largest absolute Gasteiger partial charge is 0.490 e. The summed E-state index contributed by atoms with van der Waals surface area (Å²) in [7, 11) is 1.59. The first-order valence-corrected chi connectivity index (χ1v) is 7.88. The van der Waals surface area contributed by atoms with Gasteiger partial charge in [-0.05, 0) is 31.0 Å². The molecule has 0 radical (unpaired) electrons. The molecular formula is C16H18F3N3O3. The summed E-state index contributed by atoms with van der Waals surface area (Å²) in [6.45, 7) is 0.716. The molecule has 0 aliphatic carbocycles. The molecule has 3 rings (SSSR count). The minimum absolute atomic E-state index is 0.0253. The molecule has 2 aliphatic heterocycles. The molecule has 9 heteroatoms. The highest BCUT2D eigenvalue weighted by Crippen LogP contribution is 2.37. The summed E-state index contributed by atoms with van der Waals surface area (Å²) in [4.78, 5) is 12.8. The predicted molar refractivity (Wildman–Crippen MR) is 83.2 cm³/mol. The number of amides is 1. The van der Waals surface area contributed by atoms with Crippen LogP contribution in [0.5, 0.6) is 5.75 Å². The number of nitrogens with zero attached hydrogens (tertiary/aromatic N) is 2. The first-order valence-electron chi connectivity index (χ1n) is 7.88. The van der Waals surface area contributed by atoms with Gasteiger partial charge in [-0.15, -0.1) is 0 Å².